The van der Waals surface area contributed by atoms with Crippen molar-refractivity contribution in [3.63, 3.8) is 0 Å². The van der Waals surface area contributed by atoms with Crippen LogP contribution in [0.3, 0.4) is 0 Å². The Bertz CT molecular complexity index is 544. The fourth-order valence-electron chi connectivity index (χ4n) is 1.55. The van der Waals surface area contributed by atoms with Crippen molar-refractivity contribution in [3.8, 4) is 11.6 Å². The number of nitrogens with zero attached hydrogens (tertiary/aromatic N) is 2. The van der Waals surface area contributed by atoms with E-state index >= 15 is 0 Å². The van der Waals surface area contributed by atoms with Gasteiger partial charge in [-0.05, 0) is 19.1 Å². The third-order valence-electron chi connectivity index (χ3n) is 2.54. The summed E-state index contributed by atoms with van der Waals surface area (Å²) >= 11 is 5.87. The normalized spacial score (nSPS) is 10.3. The van der Waals surface area contributed by atoms with Gasteiger partial charge >= 0.3 is 0 Å². The summed E-state index contributed by atoms with van der Waals surface area (Å²) in [7, 11) is 1.55. The van der Waals surface area contributed by atoms with Crippen LogP contribution in [0.15, 0.2) is 30.3 Å². The lowest BCUT2D eigenvalue weighted by Gasteiger charge is -2.07. The van der Waals surface area contributed by atoms with Crippen molar-refractivity contribution in [1.82, 2.24) is 9.97 Å². The van der Waals surface area contributed by atoms with E-state index in [-0.39, 0.29) is 0 Å². The van der Waals surface area contributed by atoms with E-state index < -0.39 is 0 Å². The predicted molar refractivity (Wildman–Crippen MR) is 74.0 cm³/mol. The average molecular weight is 279 g/mol. The van der Waals surface area contributed by atoms with Crippen LogP contribution in [0.2, 0.25) is 5.15 Å². The van der Waals surface area contributed by atoms with Crippen molar-refractivity contribution >= 4 is 11.6 Å². The molecule has 1 aromatic heterocycles. The molecule has 0 saturated carbocycles. The van der Waals surface area contributed by atoms with Gasteiger partial charge in [-0.1, -0.05) is 29.3 Å². The van der Waals surface area contributed by atoms with E-state index in [0.29, 0.717) is 29.9 Å². The SMILES string of the molecule is COc1cc(Cl)nc(CCOc2ccc(C)cc2)n1. The van der Waals surface area contributed by atoms with Crippen molar-refractivity contribution in [2.24, 2.45) is 0 Å². The first kappa shape index (κ1) is 13.6. The van der Waals surface area contributed by atoms with Crippen molar-refractivity contribution < 1.29 is 9.47 Å². The maximum Gasteiger partial charge on any atom is 0.217 e. The minimum Gasteiger partial charge on any atom is -0.493 e. The van der Waals surface area contributed by atoms with Crippen molar-refractivity contribution in [3.05, 3.63) is 46.9 Å². The Kier molecular flexibility index (Phi) is 4.58. The minimum atomic E-state index is 0.372. The summed E-state index contributed by atoms with van der Waals surface area (Å²) in [6, 6.07) is 9.47. The zero-order chi connectivity index (χ0) is 13.7. The highest BCUT2D eigenvalue weighted by Crippen LogP contribution is 2.14. The Labute approximate surface area is 117 Å². The molecule has 0 radical (unpaired) electrons. The summed E-state index contributed by atoms with van der Waals surface area (Å²) in [6.07, 6.45) is 0.574. The third kappa shape index (κ3) is 4.10. The smallest absolute Gasteiger partial charge is 0.217 e. The molecule has 0 unspecified atom stereocenters. The topological polar surface area (TPSA) is 44.2 Å². The summed E-state index contributed by atoms with van der Waals surface area (Å²) in [4.78, 5) is 8.32. The molecule has 0 amide bonds. The third-order valence-corrected chi connectivity index (χ3v) is 2.74. The van der Waals surface area contributed by atoms with Gasteiger partial charge in [0.05, 0.1) is 13.7 Å². The van der Waals surface area contributed by atoms with Crippen LogP contribution >= 0.6 is 11.6 Å². The summed E-state index contributed by atoms with van der Waals surface area (Å²) in [5.74, 6) is 1.90. The number of aromatic nitrogens is 2. The summed E-state index contributed by atoms with van der Waals surface area (Å²) in [5.41, 5.74) is 1.20. The van der Waals surface area contributed by atoms with E-state index in [1.807, 2.05) is 31.2 Å². The Morgan fingerprint density at radius 2 is 1.89 bits per heavy atom. The number of ether oxygens (including phenoxy) is 2. The number of hydrogen-bond donors (Lipinski definition) is 0. The lowest BCUT2D eigenvalue weighted by Crippen LogP contribution is -2.06. The largest absolute Gasteiger partial charge is 0.493 e. The van der Waals surface area contributed by atoms with Gasteiger partial charge in [0.15, 0.2) is 0 Å². The molecule has 0 fully saturated rings. The van der Waals surface area contributed by atoms with Crippen molar-refractivity contribution in [1.29, 1.82) is 0 Å². The molecule has 1 heterocycles. The highest BCUT2D eigenvalue weighted by Gasteiger charge is 2.04. The number of halogens is 1. The van der Waals surface area contributed by atoms with Gasteiger partial charge in [0.2, 0.25) is 5.88 Å². The van der Waals surface area contributed by atoms with Gasteiger partial charge in [0.25, 0.3) is 0 Å². The Balaban J connectivity index is 1.92. The molecule has 100 valence electrons. The molecule has 5 heteroatoms. The molecule has 2 aromatic rings. The van der Waals surface area contributed by atoms with Crippen LogP contribution < -0.4 is 9.47 Å². The number of aryl methyl sites for hydroxylation is 1. The molecule has 4 nitrogen and oxygen atoms in total. The van der Waals surface area contributed by atoms with E-state index in [1.165, 1.54) is 5.56 Å². The standard InChI is InChI=1S/C14H15ClN2O2/c1-10-3-5-11(6-4-10)19-8-7-13-16-12(15)9-14(17-13)18-2/h3-6,9H,7-8H2,1-2H3. The van der Waals surface area contributed by atoms with E-state index in [4.69, 9.17) is 21.1 Å². The Morgan fingerprint density at radius 3 is 2.58 bits per heavy atom. The van der Waals surface area contributed by atoms with Crippen LogP contribution in [-0.4, -0.2) is 23.7 Å². The van der Waals surface area contributed by atoms with E-state index in [0.717, 1.165) is 5.75 Å². The molecule has 0 bridgehead atoms. The van der Waals surface area contributed by atoms with Gasteiger partial charge in [-0.25, -0.2) is 4.98 Å². The first-order chi connectivity index (χ1) is 9.17. The number of rotatable bonds is 5. The van der Waals surface area contributed by atoms with Gasteiger partial charge in [-0.3, -0.25) is 0 Å². The van der Waals surface area contributed by atoms with Gasteiger partial charge in [-0.2, -0.15) is 4.98 Å². The highest BCUT2D eigenvalue weighted by molar-refractivity contribution is 6.29. The van der Waals surface area contributed by atoms with E-state index in [9.17, 15) is 0 Å². The second kappa shape index (κ2) is 6.38. The molecular formula is C14H15ClN2O2. The summed E-state index contributed by atoms with van der Waals surface area (Å²) < 4.78 is 10.7. The van der Waals surface area contributed by atoms with Crippen LogP contribution in [-0.2, 0) is 6.42 Å². The fourth-order valence-corrected chi connectivity index (χ4v) is 1.74. The fraction of sp³-hybridized carbons (Fsp3) is 0.286. The van der Waals surface area contributed by atoms with Crippen LogP contribution in [0, 0.1) is 6.92 Å². The monoisotopic (exact) mass is 278 g/mol. The molecule has 0 aliphatic rings. The number of benzene rings is 1. The number of hydrogen-bond acceptors (Lipinski definition) is 4. The van der Waals surface area contributed by atoms with Gasteiger partial charge in [0.1, 0.15) is 16.7 Å². The van der Waals surface area contributed by atoms with Crippen LogP contribution in [0.25, 0.3) is 0 Å². The quantitative estimate of drug-likeness (QED) is 0.789. The zero-order valence-electron chi connectivity index (χ0n) is 10.9. The average Bonchev–Trinajstić information content (AvgIpc) is 2.40. The second-order valence-corrected chi connectivity index (χ2v) is 4.45. The molecule has 1 aromatic carbocycles. The van der Waals surface area contributed by atoms with Crippen LogP contribution in [0.1, 0.15) is 11.4 Å². The second-order valence-electron chi connectivity index (χ2n) is 4.06. The first-order valence-corrected chi connectivity index (χ1v) is 6.32. The van der Waals surface area contributed by atoms with Gasteiger partial charge in [0, 0.05) is 12.5 Å². The zero-order valence-corrected chi connectivity index (χ0v) is 11.6. The molecule has 0 aliphatic carbocycles. The van der Waals surface area contributed by atoms with E-state index in [1.54, 1.807) is 13.2 Å². The maximum atomic E-state index is 5.87. The highest BCUT2D eigenvalue weighted by atomic mass is 35.5. The van der Waals surface area contributed by atoms with Crippen LogP contribution in [0.4, 0.5) is 0 Å². The summed E-state index contributed by atoms with van der Waals surface area (Å²) in [5, 5.41) is 0.372. The van der Waals surface area contributed by atoms with Gasteiger partial charge in [-0.15, -0.1) is 0 Å². The maximum absolute atomic E-state index is 5.87. The molecule has 0 atom stereocenters. The van der Waals surface area contributed by atoms with Crippen LogP contribution in [0.5, 0.6) is 11.6 Å². The van der Waals surface area contributed by atoms with Crippen molar-refractivity contribution in [2.75, 3.05) is 13.7 Å². The number of methoxy groups -OCH3 is 1. The molecule has 19 heavy (non-hydrogen) atoms. The molecular weight excluding hydrogens is 264 g/mol. The Hall–Kier alpha value is -1.81. The Morgan fingerprint density at radius 1 is 1.16 bits per heavy atom. The first-order valence-electron chi connectivity index (χ1n) is 5.94. The lowest BCUT2D eigenvalue weighted by molar-refractivity contribution is 0.317. The molecule has 0 saturated heterocycles. The molecule has 2 rings (SSSR count). The summed E-state index contributed by atoms with van der Waals surface area (Å²) in [6.45, 7) is 2.53. The minimum absolute atomic E-state index is 0.372. The molecule has 0 aliphatic heterocycles. The van der Waals surface area contributed by atoms with E-state index in [2.05, 4.69) is 9.97 Å². The molecule has 0 N–H and O–H groups in total. The lowest BCUT2D eigenvalue weighted by atomic mass is 10.2. The predicted octanol–water partition coefficient (Wildman–Crippen LogP) is 3.07. The van der Waals surface area contributed by atoms with Crippen molar-refractivity contribution in [2.45, 2.75) is 13.3 Å². The molecule has 0 spiro atoms. The van der Waals surface area contributed by atoms with Gasteiger partial charge < -0.3 is 9.47 Å².